The molecule has 1 heterocycles. The van der Waals surface area contributed by atoms with E-state index in [-0.39, 0.29) is 0 Å². The fourth-order valence-corrected chi connectivity index (χ4v) is 2.85. The normalized spacial score (nSPS) is 10.3. The Bertz CT molecular complexity index is 563. The molecule has 0 spiro atoms. The van der Waals surface area contributed by atoms with Crippen LogP contribution >= 0.6 is 11.3 Å². The van der Waals surface area contributed by atoms with Crippen molar-refractivity contribution in [2.75, 3.05) is 13.6 Å². The Hall–Kier alpha value is -1.60. The first-order valence-corrected chi connectivity index (χ1v) is 7.09. The van der Waals surface area contributed by atoms with Crippen LogP contribution in [0.2, 0.25) is 0 Å². The third-order valence-corrected chi connectivity index (χ3v) is 3.68. The number of hydrogen-bond acceptors (Lipinski definition) is 3. The zero-order valence-electron chi connectivity index (χ0n) is 11.1. The van der Waals surface area contributed by atoms with Gasteiger partial charge in [0.25, 0.3) is 0 Å². The van der Waals surface area contributed by atoms with Gasteiger partial charge >= 0.3 is 0 Å². The third-order valence-electron chi connectivity index (χ3n) is 2.70. The zero-order valence-corrected chi connectivity index (χ0v) is 11.9. The predicted molar refractivity (Wildman–Crippen MR) is 81.9 cm³/mol. The maximum absolute atomic E-state index is 5.37. The van der Waals surface area contributed by atoms with Gasteiger partial charge in [-0.1, -0.05) is 42.2 Å². The zero-order chi connectivity index (χ0) is 13.5. The van der Waals surface area contributed by atoms with Crippen molar-refractivity contribution in [3.05, 3.63) is 57.8 Å². The minimum Gasteiger partial charge on any atom is -0.320 e. The molecule has 2 nitrogen and oxygen atoms in total. The highest BCUT2D eigenvalue weighted by Gasteiger charge is 2.03. The second-order valence-electron chi connectivity index (χ2n) is 4.43. The number of benzene rings is 1. The van der Waals surface area contributed by atoms with Gasteiger partial charge in [-0.15, -0.1) is 11.3 Å². The van der Waals surface area contributed by atoms with E-state index in [4.69, 9.17) is 5.73 Å². The van der Waals surface area contributed by atoms with Crippen LogP contribution in [0.25, 0.3) is 0 Å². The van der Waals surface area contributed by atoms with E-state index < -0.39 is 0 Å². The summed E-state index contributed by atoms with van der Waals surface area (Å²) in [5, 5.41) is 0. The fraction of sp³-hybridized carbons (Fsp3) is 0.250. The van der Waals surface area contributed by atoms with E-state index >= 15 is 0 Å². The maximum atomic E-state index is 5.37. The van der Waals surface area contributed by atoms with E-state index in [0.29, 0.717) is 6.54 Å². The van der Waals surface area contributed by atoms with Crippen LogP contribution < -0.4 is 5.73 Å². The van der Waals surface area contributed by atoms with Crippen LogP contribution in [0.3, 0.4) is 0 Å². The molecular weight excluding hydrogens is 252 g/mol. The summed E-state index contributed by atoms with van der Waals surface area (Å²) in [5.74, 6) is 5.96. The van der Waals surface area contributed by atoms with E-state index in [1.807, 2.05) is 6.07 Å². The van der Waals surface area contributed by atoms with Crippen LogP contribution in [0, 0.1) is 11.8 Å². The summed E-state index contributed by atoms with van der Waals surface area (Å²) in [4.78, 5) is 4.73. The molecule has 1 aromatic carbocycles. The van der Waals surface area contributed by atoms with Crippen molar-refractivity contribution in [1.82, 2.24) is 4.90 Å². The molecule has 0 atom stereocenters. The lowest BCUT2D eigenvalue weighted by Gasteiger charge is -2.15. The predicted octanol–water partition coefficient (Wildman–Crippen LogP) is 2.69. The van der Waals surface area contributed by atoms with Crippen molar-refractivity contribution >= 4 is 11.3 Å². The highest BCUT2D eigenvalue weighted by Crippen LogP contribution is 2.17. The topological polar surface area (TPSA) is 29.3 Å². The number of hydrogen-bond donors (Lipinski definition) is 1. The van der Waals surface area contributed by atoms with E-state index in [0.717, 1.165) is 18.0 Å². The molecule has 0 bridgehead atoms. The van der Waals surface area contributed by atoms with Crippen LogP contribution in [0.1, 0.15) is 15.3 Å². The molecule has 0 aliphatic rings. The molecule has 0 unspecified atom stereocenters. The minimum atomic E-state index is 0.418. The lowest BCUT2D eigenvalue weighted by molar-refractivity contribution is 0.322. The van der Waals surface area contributed by atoms with Crippen LogP contribution in [0.4, 0.5) is 0 Å². The van der Waals surface area contributed by atoms with Gasteiger partial charge in [-0.05, 0) is 24.7 Å². The van der Waals surface area contributed by atoms with Gasteiger partial charge in [-0.2, -0.15) is 0 Å². The third kappa shape index (κ3) is 4.53. The van der Waals surface area contributed by atoms with Gasteiger partial charge in [0.1, 0.15) is 0 Å². The SMILES string of the molecule is CN(Cc1ccccc1)Cc1ccc(C#CCN)s1. The number of nitrogens with two attached hydrogens (primary N) is 1. The second kappa shape index (κ2) is 7.10. The molecule has 0 fully saturated rings. The van der Waals surface area contributed by atoms with E-state index in [9.17, 15) is 0 Å². The molecule has 0 aliphatic heterocycles. The van der Waals surface area contributed by atoms with Gasteiger partial charge in [0, 0.05) is 18.0 Å². The molecule has 98 valence electrons. The molecule has 3 heteroatoms. The van der Waals surface area contributed by atoms with Crippen molar-refractivity contribution in [3.63, 3.8) is 0 Å². The molecule has 0 radical (unpaired) electrons. The Balaban J connectivity index is 1.92. The Kier molecular flexibility index (Phi) is 5.17. The Morgan fingerprint density at radius 1 is 1.11 bits per heavy atom. The van der Waals surface area contributed by atoms with Crippen molar-refractivity contribution in [2.24, 2.45) is 5.73 Å². The molecule has 2 aromatic rings. The van der Waals surface area contributed by atoms with Gasteiger partial charge in [0.15, 0.2) is 0 Å². The van der Waals surface area contributed by atoms with E-state index in [2.05, 4.69) is 60.2 Å². The summed E-state index contributed by atoms with van der Waals surface area (Å²) in [6, 6.07) is 14.7. The molecule has 0 amide bonds. The second-order valence-corrected chi connectivity index (χ2v) is 5.60. The van der Waals surface area contributed by atoms with Crippen molar-refractivity contribution in [2.45, 2.75) is 13.1 Å². The van der Waals surface area contributed by atoms with Gasteiger partial charge in [-0.3, -0.25) is 4.90 Å². The van der Waals surface area contributed by atoms with Crippen LogP contribution in [0.5, 0.6) is 0 Å². The Morgan fingerprint density at radius 2 is 1.89 bits per heavy atom. The average Bonchev–Trinajstić information content (AvgIpc) is 2.85. The number of rotatable bonds is 4. The van der Waals surface area contributed by atoms with Gasteiger partial charge in [0.05, 0.1) is 11.4 Å². The van der Waals surface area contributed by atoms with Gasteiger partial charge in [-0.25, -0.2) is 0 Å². The fourth-order valence-electron chi connectivity index (χ4n) is 1.89. The van der Waals surface area contributed by atoms with Crippen LogP contribution in [-0.2, 0) is 13.1 Å². The average molecular weight is 270 g/mol. The summed E-state index contributed by atoms with van der Waals surface area (Å²) >= 11 is 1.74. The highest BCUT2D eigenvalue weighted by molar-refractivity contribution is 7.12. The molecular formula is C16H18N2S. The molecule has 0 saturated carbocycles. The number of nitrogens with zero attached hydrogens (tertiary/aromatic N) is 1. The minimum absolute atomic E-state index is 0.418. The number of thiophene rings is 1. The van der Waals surface area contributed by atoms with Crippen LogP contribution in [0.15, 0.2) is 42.5 Å². The monoisotopic (exact) mass is 270 g/mol. The summed E-state index contributed by atoms with van der Waals surface area (Å²) in [5.41, 5.74) is 6.71. The molecule has 19 heavy (non-hydrogen) atoms. The van der Waals surface area contributed by atoms with Gasteiger partial charge < -0.3 is 5.73 Å². The molecule has 0 aliphatic carbocycles. The van der Waals surface area contributed by atoms with Crippen molar-refractivity contribution in [3.8, 4) is 11.8 Å². The first kappa shape index (κ1) is 13.8. The molecule has 1 aromatic heterocycles. The van der Waals surface area contributed by atoms with E-state index in [1.54, 1.807) is 11.3 Å². The Labute approximate surface area is 118 Å². The lowest BCUT2D eigenvalue weighted by Crippen LogP contribution is -2.16. The van der Waals surface area contributed by atoms with E-state index in [1.165, 1.54) is 10.4 Å². The summed E-state index contributed by atoms with van der Waals surface area (Å²) in [7, 11) is 2.14. The quantitative estimate of drug-likeness (QED) is 0.866. The molecule has 0 saturated heterocycles. The summed E-state index contributed by atoms with van der Waals surface area (Å²) in [6.45, 7) is 2.33. The smallest absolute Gasteiger partial charge is 0.0772 e. The first-order chi connectivity index (χ1) is 9.28. The summed E-state index contributed by atoms with van der Waals surface area (Å²) in [6.07, 6.45) is 0. The van der Waals surface area contributed by atoms with Crippen LogP contribution in [-0.4, -0.2) is 18.5 Å². The van der Waals surface area contributed by atoms with Gasteiger partial charge in [0.2, 0.25) is 0 Å². The standard InChI is InChI=1S/C16H18N2S/c1-18(12-14-6-3-2-4-7-14)13-16-10-9-15(19-16)8-5-11-17/h2-4,6-7,9-10H,11-13,17H2,1H3. The Morgan fingerprint density at radius 3 is 2.63 bits per heavy atom. The molecule has 2 rings (SSSR count). The van der Waals surface area contributed by atoms with Crippen molar-refractivity contribution in [1.29, 1.82) is 0 Å². The largest absolute Gasteiger partial charge is 0.320 e. The lowest BCUT2D eigenvalue weighted by atomic mass is 10.2. The first-order valence-electron chi connectivity index (χ1n) is 6.28. The highest BCUT2D eigenvalue weighted by atomic mass is 32.1. The summed E-state index contributed by atoms with van der Waals surface area (Å²) < 4.78 is 0. The molecule has 2 N–H and O–H groups in total. The maximum Gasteiger partial charge on any atom is 0.0772 e. The van der Waals surface area contributed by atoms with Crippen molar-refractivity contribution < 1.29 is 0 Å².